The molecule has 0 amide bonds. The molecule has 0 saturated carbocycles. The van der Waals surface area contributed by atoms with Crippen molar-refractivity contribution >= 4 is 11.1 Å². The molecule has 1 saturated heterocycles. The van der Waals surface area contributed by atoms with Gasteiger partial charge in [-0.15, -0.1) is 0 Å². The third-order valence-corrected chi connectivity index (χ3v) is 2.78. The van der Waals surface area contributed by atoms with E-state index >= 15 is 0 Å². The van der Waals surface area contributed by atoms with Crippen LogP contribution in [0.25, 0.3) is 11.1 Å². The van der Waals surface area contributed by atoms with Crippen molar-refractivity contribution in [3.8, 4) is 5.75 Å². The quantitative estimate of drug-likeness (QED) is 0.836. The number of nitrogens with zero attached hydrogens (tertiary/aromatic N) is 1. The molecule has 4 nitrogen and oxygen atoms in total. The Morgan fingerprint density at radius 2 is 2.44 bits per heavy atom. The van der Waals surface area contributed by atoms with Crippen molar-refractivity contribution < 1.29 is 9.15 Å². The van der Waals surface area contributed by atoms with Crippen LogP contribution in [0.5, 0.6) is 5.75 Å². The SMILES string of the molecule is Cc1nc2cc(OC3CCNC3)ccc2o1. The van der Waals surface area contributed by atoms with E-state index in [2.05, 4.69) is 10.3 Å². The molecular formula is C12H14N2O2. The fourth-order valence-corrected chi connectivity index (χ4v) is 2.02. The first kappa shape index (κ1) is 9.66. The summed E-state index contributed by atoms with van der Waals surface area (Å²) in [6.07, 6.45) is 1.35. The van der Waals surface area contributed by atoms with Gasteiger partial charge in [-0.25, -0.2) is 4.98 Å². The summed E-state index contributed by atoms with van der Waals surface area (Å²) in [5, 5.41) is 3.27. The minimum atomic E-state index is 0.283. The number of nitrogens with one attached hydrogen (secondary N) is 1. The van der Waals surface area contributed by atoms with E-state index < -0.39 is 0 Å². The van der Waals surface area contributed by atoms with E-state index in [4.69, 9.17) is 9.15 Å². The molecular weight excluding hydrogens is 204 g/mol. The third-order valence-electron chi connectivity index (χ3n) is 2.78. The highest BCUT2D eigenvalue weighted by Crippen LogP contribution is 2.22. The maximum atomic E-state index is 5.85. The van der Waals surface area contributed by atoms with E-state index in [1.165, 1.54) is 0 Å². The van der Waals surface area contributed by atoms with E-state index in [-0.39, 0.29) is 6.10 Å². The van der Waals surface area contributed by atoms with Gasteiger partial charge >= 0.3 is 0 Å². The molecule has 1 aliphatic heterocycles. The van der Waals surface area contributed by atoms with Gasteiger partial charge in [0.25, 0.3) is 0 Å². The summed E-state index contributed by atoms with van der Waals surface area (Å²) in [6.45, 7) is 3.81. The van der Waals surface area contributed by atoms with Gasteiger partial charge in [0.2, 0.25) is 0 Å². The largest absolute Gasteiger partial charge is 0.489 e. The van der Waals surface area contributed by atoms with Crippen LogP contribution in [0, 0.1) is 6.92 Å². The van der Waals surface area contributed by atoms with E-state index in [9.17, 15) is 0 Å². The molecule has 1 aromatic heterocycles. The average Bonchev–Trinajstić information content (AvgIpc) is 2.85. The van der Waals surface area contributed by atoms with Crippen LogP contribution in [0.2, 0.25) is 0 Å². The summed E-state index contributed by atoms with van der Waals surface area (Å²) < 4.78 is 11.3. The Balaban J connectivity index is 1.86. The lowest BCUT2D eigenvalue weighted by atomic mass is 10.3. The Kier molecular flexibility index (Phi) is 2.29. The molecule has 1 atom stereocenters. The Labute approximate surface area is 93.6 Å². The molecule has 0 radical (unpaired) electrons. The monoisotopic (exact) mass is 218 g/mol. The van der Waals surface area contributed by atoms with Crippen molar-refractivity contribution in [2.75, 3.05) is 13.1 Å². The highest BCUT2D eigenvalue weighted by Gasteiger charge is 2.16. The van der Waals surface area contributed by atoms with E-state index in [1.54, 1.807) is 0 Å². The standard InChI is InChI=1S/C12H14N2O2/c1-8-14-11-6-9(2-3-12(11)15-8)16-10-4-5-13-7-10/h2-3,6,10,13H,4-5,7H2,1H3. The summed E-state index contributed by atoms with van der Waals surface area (Å²) in [6, 6.07) is 5.78. The van der Waals surface area contributed by atoms with Crippen molar-refractivity contribution in [2.45, 2.75) is 19.4 Å². The molecule has 2 heterocycles. The topological polar surface area (TPSA) is 47.3 Å². The van der Waals surface area contributed by atoms with Crippen molar-refractivity contribution in [1.82, 2.24) is 10.3 Å². The van der Waals surface area contributed by atoms with Crippen molar-refractivity contribution in [3.63, 3.8) is 0 Å². The lowest BCUT2D eigenvalue weighted by Crippen LogP contribution is -2.19. The van der Waals surface area contributed by atoms with Gasteiger partial charge in [-0.1, -0.05) is 0 Å². The number of aryl methyl sites for hydroxylation is 1. The second kappa shape index (κ2) is 3.79. The lowest BCUT2D eigenvalue weighted by Gasteiger charge is -2.11. The summed E-state index contributed by atoms with van der Waals surface area (Å²) in [4.78, 5) is 4.29. The molecule has 4 heteroatoms. The minimum absolute atomic E-state index is 0.283. The normalized spacial score (nSPS) is 20.4. The maximum absolute atomic E-state index is 5.85. The van der Waals surface area contributed by atoms with E-state index in [0.29, 0.717) is 5.89 Å². The van der Waals surface area contributed by atoms with Crippen molar-refractivity contribution in [1.29, 1.82) is 0 Å². The lowest BCUT2D eigenvalue weighted by molar-refractivity contribution is 0.223. The summed E-state index contributed by atoms with van der Waals surface area (Å²) in [7, 11) is 0. The van der Waals surface area contributed by atoms with Gasteiger partial charge in [0.1, 0.15) is 17.4 Å². The highest BCUT2D eigenvalue weighted by molar-refractivity contribution is 5.74. The number of hydrogen-bond acceptors (Lipinski definition) is 4. The van der Waals surface area contributed by atoms with Crippen LogP contribution in [0.1, 0.15) is 12.3 Å². The molecule has 1 fully saturated rings. The molecule has 0 aliphatic carbocycles. The predicted octanol–water partition coefficient (Wildman–Crippen LogP) is 1.88. The van der Waals surface area contributed by atoms with E-state index in [1.807, 2.05) is 25.1 Å². The zero-order valence-corrected chi connectivity index (χ0v) is 9.19. The second-order valence-electron chi connectivity index (χ2n) is 4.10. The Morgan fingerprint density at radius 1 is 1.50 bits per heavy atom. The molecule has 3 rings (SSSR count). The van der Waals surface area contributed by atoms with Crippen LogP contribution in [-0.4, -0.2) is 24.2 Å². The van der Waals surface area contributed by atoms with Crippen LogP contribution in [0.3, 0.4) is 0 Å². The van der Waals surface area contributed by atoms with Gasteiger partial charge in [-0.3, -0.25) is 0 Å². The molecule has 84 valence electrons. The fourth-order valence-electron chi connectivity index (χ4n) is 2.02. The van der Waals surface area contributed by atoms with Gasteiger partial charge in [0, 0.05) is 19.5 Å². The number of ether oxygens (including phenoxy) is 1. The zero-order chi connectivity index (χ0) is 11.0. The predicted molar refractivity (Wildman–Crippen MR) is 60.6 cm³/mol. The molecule has 1 unspecified atom stereocenters. The van der Waals surface area contributed by atoms with Gasteiger partial charge in [-0.05, 0) is 25.1 Å². The second-order valence-corrected chi connectivity index (χ2v) is 4.10. The third kappa shape index (κ3) is 1.76. The number of aromatic nitrogens is 1. The summed E-state index contributed by atoms with van der Waals surface area (Å²) in [5.41, 5.74) is 1.68. The number of fused-ring (bicyclic) bond motifs is 1. The first-order valence-corrected chi connectivity index (χ1v) is 5.56. The molecule has 1 N–H and O–H groups in total. The molecule has 1 aliphatic rings. The Hall–Kier alpha value is -1.55. The number of hydrogen-bond donors (Lipinski definition) is 1. The molecule has 1 aromatic carbocycles. The van der Waals surface area contributed by atoms with Crippen LogP contribution in [0.4, 0.5) is 0 Å². The summed E-state index contributed by atoms with van der Waals surface area (Å²) in [5.74, 6) is 1.56. The number of rotatable bonds is 2. The van der Waals surface area contributed by atoms with Gasteiger partial charge in [0.15, 0.2) is 11.5 Å². The van der Waals surface area contributed by atoms with Gasteiger partial charge in [-0.2, -0.15) is 0 Å². The van der Waals surface area contributed by atoms with Crippen LogP contribution in [-0.2, 0) is 0 Å². The zero-order valence-electron chi connectivity index (χ0n) is 9.19. The van der Waals surface area contributed by atoms with Crippen molar-refractivity contribution in [3.05, 3.63) is 24.1 Å². The molecule has 2 aromatic rings. The van der Waals surface area contributed by atoms with Crippen LogP contribution >= 0.6 is 0 Å². The smallest absolute Gasteiger partial charge is 0.192 e. The minimum Gasteiger partial charge on any atom is -0.489 e. The van der Waals surface area contributed by atoms with Gasteiger partial charge < -0.3 is 14.5 Å². The van der Waals surface area contributed by atoms with Crippen molar-refractivity contribution in [2.24, 2.45) is 0 Å². The average molecular weight is 218 g/mol. The Bertz CT molecular complexity index is 501. The number of oxazole rings is 1. The summed E-state index contributed by atoms with van der Waals surface area (Å²) >= 11 is 0. The first-order chi connectivity index (χ1) is 7.81. The molecule has 16 heavy (non-hydrogen) atoms. The molecule has 0 bridgehead atoms. The Morgan fingerprint density at radius 3 is 3.25 bits per heavy atom. The first-order valence-electron chi connectivity index (χ1n) is 5.56. The fraction of sp³-hybridized carbons (Fsp3) is 0.417. The highest BCUT2D eigenvalue weighted by atomic mass is 16.5. The number of benzene rings is 1. The van der Waals surface area contributed by atoms with Crippen LogP contribution < -0.4 is 10.1 Å². The van der Waals surface area contributed by atoms with Crippen LogP contribution in [0.15, 0.2) is 22.6 Å². The van der Waals surface area contributed by atoms with E-state index in [0.717, 1.165) is 36.4 Å². The molecule has 0 spiro atoms. The van der Waals surface area contributed by atoms with Gasteiger partial charge in [0.05, 0.1) is 0 Å². The maximum Gasteiger partial charge on any atom is 0.192 e.